The van der Waals surface area contributed by atoms with Gasteiger partial charge in [-0.15, -0.1) is 35.4 Å². The Morgan fingerprint density at radius 1 is 0.443 bits per heavy atom. The molecule has 5 heteroatoms. The van der Waals surface area contributed by atoms with E-state index in [1.807, 2.05) is 6.07 Å². The SMILES string of the molecule is Cc1cccc(C)c1-n1c(-c2ccc3c(n2)-c2c(O)cccc2CC3)nc2c(-c3[c-]c(-c4c(-c5ccccc5)cccc4-c4ccccc4)ccc3)c(-c3c(-c4ccccc4)cccc3-c3cccc(C(C)(C)C)c3)ccc21.[Pt]. The van der Waals surface area contributed by atoms with Gasteiger partial charge in [-0.2, -0.15) is 0 Å². The van der Waals surface area contributed by atoms with Gasteiger partial charge in [0, 0.05) is 26.6 Å². The predicted molar refractivity (Wildman–Crippen MR) is 324 cm³/mol. The average Bonchev–Trinajstić information content (AvgIpc) is 4.14. The fraction of sp³-hybridized carbons (Fsp3) is 0.108. The molecule has 2 aromatic heterocycles. The van der Waals surface area contributed by atoms with Crippen molar-refractivity contribution in [1.29, 1.82) is 0 Å². The molecule has 0 atom stereocenters. The Hall–Kier alpha value is -8.69. The van der Waals surface area contributed by atoms with E-state index in [9.17, 15) is 5.11 Å². The number of aromatic nitrogens is 3. The minimum absolute atomic E-state index is 0. The zero-order valence-electron chi connectivity index (χ0n) is 45.0. The smallest absolute Gasteiger partial charge is 0.163 e. The van der Waals surface area contributed by atoms with Crippen molar-refractivity contribution in [3.8, 4) is 112 Å². The molecular formula is C74H58N3OPt-. The first-order valence-electron chi connectivity index (χ1n) is 27.1. The number of pyridine rings is 1. The normalized spacial score (nSPS) is 12.0. The van der Waals surface area contributed by atoms with Gasteiger partial charge in [-0.05, 0) is 139 Å². The molecule has 0 saturated heterocycles. The minimum Gasteiger partial charge on any atom is -0.507 e. The first-order chi connectivity index (χ1) is 38.1. The molecule has 0 spiro atoms. The number of rotatable bonds is 9. The van der Waals surface area contributed by atoms with Crippen molar-refractivity contribution in [1.82, 2.24) is 14.5 Å². The molecule has 2 heterocycles. The van der Waals surface area contributed by atoms with E-state index in [0.717, 1.165) is 152 Å². The number of fused-ring (bicyclic) bond motifs is 4. The first kappa shape index (κ1) is 51.1. The van der Waals surface area contributed by atoms with E-state index in [1.54, 1.807) is 6.07 Å². The van der Waals surface area contributed by atoms with Gasteiger partial charge in [0.25, 0.3) is 0 Å². The Labute approximate surface area is 478 Å². The number of phenolic OH excluding ortho intramolecular Hbond substituents is 1. The van der Waals surface area contributed by atoms with Crippen LogP contribution in [0.1, 0.15) is 48.6 Å². The van der Waals surface area contributed by atoms with Gasteiger partial charge in [0.15, 0.2) is 5.82 Å². The molecule has 0 saturated carbocycles. The third kappa shape index (κ3) is 9.24. The second-order valence-corrected chi connectivity index (χ2v) is 21.7. The molecule has 1 aliphatic rings. The largest absolute Gasteiger partial charge is 0.507 e. The van der Waals surface area contributed by atoms with Crippen LogP contribution in [0.15, 0.2) is 231 Å². The van der Waals surface area contributed by atoms with Crippen molar-refractivity contribution >= 4 is 11.0 Å². The predicted octanol–water partition coefficient (Wildman–Crippen LogP) is 18.9. The molecule has 0 fully saturated rings. The van der Waals surface area contributed by atoms with Gasteiger partial charge >= 0.3 is 0 Å². The fourth-order valence-corrected chi connectivity index (χ4v) is 12.0. The third-order valence-corrected chi connectivity index (χ3v) is 15.8. The first-order valence-corrected chi connectivity index (χ1v) is 27.1. The van der Waals surface area contributed by atoms with E-state index < -0.39 is 0 Å². The average molecular weight is 1200 g/mol. The number of hydrogen-bond acceptors (Lipinski definition) is 3. The number of aromatic hydroxyl groups is 1. The summed E-state index contributed by atoms with van der Waals surface area (Å²) in [6.07, 6.45) is 1.68. The molecule has 4 nitrogen and oxygen atoms in total. The Morgan fingerprint density at radius 3 is 1.58 bits per heavy atom. The molecule has 1 N–H and O–H groups in total. The molecule has 0 aliphatic heterocycles. The van der Waals surface area contributed by atoms with E-state index in [1.165, 1.54) is 5.56 Å². The fourth-order valence-electron chi connectivity index (χ4n) is 12.0. The second-order valence-electron chi connectivity index (χ2n) is 21.7. The van der Waals surface area contributed by atoms with Crippen molar-refractivity contribution < 1.29 is 26.2 Å². The Kier molecular flexibility index (Phi) is 13.5. The van der Waals surface area contributed by atoms with Gasteiger partial charge < -0.3 is 5.11 Å². The molecule has 0 unspecified atom stereocenters. The zero-order valence-corrected chi connectivity index (χ0v) is 47.2. The third-order valence-electron chi connectivity index (χ3n) is 15.8. The molecule has 0 amide bonds. The van der Waals surface area contributed by atoms with E-state index in [2.05, 4.69) is 264 Å². The molecule has 386 valence electrons. The van der Waals surface area contributed by atoms with Gasteiger partial charge in [0.1, 0.15) is 11.4 Å². The van der Waals surface area contributed by atoms with Gasteiger partial charge in [0.2, 0.25) is 0 Å². The van der Waals surface area contributed by atoms with Crippen molar-refractivity contribution in [3.05, 3.63) is 264 Å². The maximum absolute atomic E-state index is 11.5. The summed E-state index contributed by atoms with van der Waals surface area (Å²) in [5.74, 6) is 0.964. The monoisotopic (exact) mass is 1200 g/mol. The van der Waals surface area contributed by atoms with Gasteiger partial charge in [0.05, 0.1) is 22.4 Å². The Balaban J connectivity index is 0.00000623. The number of benzene rings is 10. The van der Waals surface area contributed by atoms with Crippen LogP contribution in [0.2, 0.25) is 0 Å². The second kappa shape index (κ2) is 20.9. The summed E-state index contributed by atoms with van der Waals surface area (Å²) in [5, 5.41) is 11.5. The number of nitrogens with zero attached hydrogens (tertiary/aromatic N) is 3. The molecule has 0 bridgehead atoms. The summed E-state index contributed by atoms with van der Waals surface area (Å²) in [6.45, 7) is 11.2. The number of phenols is 1. The zero-order chi connectivity index (χ0) is 53.1. The maximum Gasteiger partial charge on any atom is 0.163 e. The molecular weight excluding hydrogens is 1140 g/mol. The number of para-hydroxylation sites is 1. The van der Waals surface area contributed by atoms with Crippen LogP contribution in [0, 0.1) is 19.9 Å². The van der Waals surface area contributed by atoms with E-state index >= 15 is 0 Å². The van der Waals surface area contributed by atoms with Gasteiger partial charge in [-0.1, -0.05) is 220 Å². The topological polar surface area (TPSA) is 50.9 Å². The van der Waals surface area contributed by atoms with E-state index in [-0.39, 0.29) is 32.2 Å². The van der Waals surface area contributed by atoms with Crippen LogP contribution in [0.5, 0.6) is 5.75 Å². The molecule has 13 rings (SSSR count). The number of imidazole rings is 1. The van der Waals surface area contributed by atoms with Crippen molar-refractivity contribution in [3.63, 3.8) is 0 Å². The Morgan fingerprint density at radius 2 is 0.962 bits per heavy atom. The summed E-state index contributed by atoms with van der Waals surface area (Å²) in [6, 6.07) is 86.6. The van der Waals surface area contributed by atoms with Crippen LogP contribution >= 0.6 is 0 Å². The van der Waals surface area contributed by atoms with Crippen LogP contribution in [0.25, 0.3) is 117 Å². The van der Waals surface area contributed by atoms with Gasteiger partial charge in [-0.25, -0.2) is 9.97 Å². The van der Waals surface area contributed by atoms with Crippen LogP contribution < -0.4 is 0 Å². The van der Waals surface area contributed by atoms with Crippen LogP contribution in [0.3, 0.4) is 0 Å². The van der Waals surface area contributed by atoms with Crippen molar-refractivity contribution in [2.24, 2.45) is 0 Å². The number of aryl methyl sites for hydroxylation is 4. The van der Waals surface area contributed by atoms with Crippen molar-refractivity contribution in [2.45, 2.75) is 52.9 Å². The summed E-state index contributed by atoms with van der Waals surface area (Å²) < 4.78 is 2.33. The molecule has 0 radical (unpaired) electrons. The summed E-state index contributed by atoms with van der Waals surface area (Å²) in [4.78, 5) is 11.5. The molecule has 1 aliphatic carbocycles. The van der Waals surface area contributed by atoms with E-state index in [0.29, 0.717) is 0 Å². The quantitative estimate of drug-likeness (QED) is 0.147. The molecule has 79 heavy (non-hydrogen) atoms. The Bertz CT molecular complexity index is 4190. The summed E-state index contributed by atoms with van der Waals surface area (Å²) in [5.41, 5.74) is 26.0. The minimum atomic E-state index is -0.0657. The summed E-state index contributed by atoms with van der Waals surface area (Å²) in [7, 11) is 0. The maximum atomic E-state index is 11.5. The van der Waals surface area contributed by atoms with Crippen LogP contribution in [-0.2, 0) is 39.3 Å². The van der Waals surface area contributed by atoms with Crippen LogP contribution in [0.4, 0.5) is 0 Å². The van der Waals surface area contributed by atoms with E-state index in [4.69, 9.17) is 9.97 Å². The van der Waals surface area contributed by atoms with Crippen molar-refractivity contribution in [2.75, 3.05) is 0 Å². The molecule has 12 aromatic rings. The van der Waals surface area contributed by atoms with Gasteiger partial charge in [-0.3, -0.25) is 4.57 Å². The molecule has 10 aromatic carbocycles. The number of hydrogen-bond donors (Lipinski definition) is 1. The summed E-state index contributed by atoms with van der Waals surface area (Å²) >= 11 is 0. The van der Waals surface area contributed by atoms with Crippen LogP contribution in [-0.4, -0.2) is 19.6 Å². The standard InChI is InChI=1S/C74H58N3O.Pt/c1-47-21-15-22-48(2)72(47)77-64-44-42-62(69-60(51-27-13-8-14-28-51)36-20-37-61(69)54-30-17-33-57(46-54)74(3,4)5)67(71(64)76-73(77)63-43-41-53-40-39-52-29-18-38-65(78)68(52)70(53)75-63)56-32-16-31-55(45-56)66-58(49-23-9-6-10-24-49)34-19-35-59(66)50-25-11-7-12-26-50;/h6-38,41-44,46,78H,39-40H2,1-5H3;/q-1;.